The van der Waals surface area contributed by atoms with Crippen LogP contribution < -0.4 is 0 Å². The van der Waals surface area contributed by atoms with Gasteiger partial charge in [0.2, 0.25) is 0 Å². The van der Waals surface area contributed by atoms with E-state index in [0.29, 0.717) is 26.1 Å². The Bertz CT molecular complexity index is 195. The van der Waals surface area contributed by atoms with Crippen molar-refractivity contribution in [2.75, 3.05) is 13.2 Å². The number of hydrogen-bond donors (Lipinski definition) is 2. The zero-order valence-electron chi connectivity index (χ0n) is 6.69. The second-order valence-electron chi connectivity index (χ2n) is 4.15. The summed E-state index contributed by atoms with van der Waals surface area (Å²) in [5, 5.41) is 19.4. The molecule has 2 aliphatic heterocycles. The molecule has 3 fully saturated rings. The highest BCUT2D eigenvalue weighted by atomic mass is 16.6. The zero-order valence-corrected chi connectivity index (χ0v) is 6.69. The lowest BCUT2D eigenvalue weighted by Gasteiger charge is -2.33. The largest absolute Gasteiger partial charge is 0.390 e. The maximum absolute atomic E-state index is 9.68. The van der Waals surface area contributed by atoms with Gasteiger partial charge in [-0.05, 0) is 0 Å². The molecule has 4 atom stereocenters. The smallest absolute Gasteiger partial charge is 0.120 e. The van der Waals surface area contributed by atoms with Crippen LogP contribution in [0.15, 0.2) is 0 Å². The Kier molecular flexibility index (Phi) is 1.12. The standard InChI is InChI=1S/C8H12O4/c9-5-1-7(3-11-7)6(10)2-8(5)4-12-8/h5-6,9-10H,1-4H2/t5-,6+,7-,8+. The monoisotopic (exact) mass is 172 g/mol. The summed E-state index contributed by atoms with van der Waals surface area (Å²) in [6, 6.07) is 0. The molecule has 0 unspecified atom stereocenters. The van der Waals surface area contributed by atoms with Crippen molar-refractivity contribution in [1.29, 1.82) is 0 Å². The summed E-state index contributed by atoms with van der Waals surface area (Å²) in [4.78, 5) is 0. The Morgan fingerprint density at radius 3 is 1.50 bits per heavy atom. The van der Waals surface area contributed by atoms with E-state index in [1.807, 2.05) is 0 Å². The molecule has 4 heteroatoms. The molecular weight excluding hydrogens is 160 g/mol. The van der Waals surface area contributed by atoms with Crippen molar-refractivity contribution in [3.8, 4) is 0 Å². The highest BCUT2D eigenvalue weighted by molar-refractivity contribution is 5.15. The van der Waals surface area contributed by atoms with Gasteiger partial charge in [-0.25, -0.2) is 0 Å². The molecule has 2 saturated heterocycles. The van der Waals surface area contributed by atoms with Crippen molar-refractivity contribution in [3.05, 3.63) is 0 Å². The minimum atomic E-state index is -0.455. The fourth-order valence-electron chi connectivity index (χ4n) is 2.10. The number of epoxide rings is 2. The molecule has 68 valence electrons. The molecular formula is C8H12O4. The Hall–Kier alpha value is -0.160. The van der Waals surface area contributed by atoms with E-state index < -0.39 is 23.4 Å². The molecule has 2 spiro atoms. The Balaban J connectivity index is 1.83. The van der Waals surface area contributed by atoms with Gasteiger partial charge in [0.15, 0.2) is 0 Å². The minimum Gasteiger partial charge on any atom is -0.390 e. The second kappa shape index (κ2) is 1.85. The third kappa shape index (κ3) is 0.758. The molecule has 0 bridgehead atoms. The van der Waals surface area contributed by atoms with Crippen molar-refractivity contribution >= 4 is 0 Å². The molecule has 12 heavy (non-hydrogen) atoms. The Morgan fingerprint density at radius 2 is 1.25 bits per heavy atom. The van der Waals surface area contributed by atoms with Crippen LogP contribution in [0.25, 0.3) is 0 Å². The van der Waals surface area contributed by atoms with Crippen LogP contribution in [0.5, 0.6) is 0 Å². The van der Waals surface area contributed by atoms with Crippen LogP contribution in [0.1, 0.15) is 12.8 Å². The first-order chi connectivity index (χ1) is 5.67. The predicted octanol–water partition coefficient (Wildman–Crippen LogP) is -0.960. The summed E-state index contributed by atoms with van der Waals surface area (Å²) in [6.07, 6.45) is 0.134. The molecule has 3 rings (SSSR count). The average molecular weight is 172 g/mol. The molecule has 0 aromatic rings. The SMILES string of the molecule is O[C@@H]1C[C@@]2(CO2)[C@@H](O)C[C@]12CO2. The van der Waals surface area contributed by atoms with Crippen molar-refractivity contribution in [2.24, 2.45) is 0 Å². The van der Waals surface area contributed by atoms with Crippen LogP contribution in [0.3, 0.4) is 0 Å². The molecule has 0 amide bonds. The third-order valence-electron chi connectivity index (χ3n) is 3.32. The van der Waals surface area contributed by atoms with E-state index in [1.165, 1.54) is 0 Å². The molecule has 1 aliphatic carbocycles. The van der Waals surface area contributed by atoms with E-state index in [1.54, 1.807) is 0 Å². The fourth-order valence-corrected chi connectivity index (χ4v) is 2.10. The third-order valence-corrected chi connectivity index (χ3v) is 3.32. The van der Waals surface area contributed by atoms with E-state index in [2.05, 4.69) is 0 Å². The van der Waals surface area contributed by atoms with Gasteiger partial charge >= 0.3 is 0 Å². The van der Waals surface area contributed by atoms with Crippen molar-refractivity contribution in [3.63, 3.8) is 0 Å². The van der Waals surface area contributed by atoms with Crippen LogP contribution >= 0.6 is 0 Å². The molecule has 1 saturated carbocycles. The molecule has 2 N–H and O–H groups in total. The van der Waals surface area contributed by atoms with E-state index in [4.69, 9.17) is 9.47 Å². The van der Waals surface area contributed by atoms with Crippen LogP contribution in [-0.4, -0.2) is 46.8 Å². The van der Waals surface area contributed by atoms with Gasteiger partial charge < -0.3 is 19.7 Å². The second-order valence-corrected chi connectivity index (χ2v) is 4.15. The highest BCUT2D eigenvalue weighted by Crippen LogP contribution is 2.51. The van der Waals surface area contributed by atoms with Gasteiger partial charge in [-0.3, -0.25) is 0 Å². The van der Waals surface area contributed by atoms with Gasteiger partial charge in [-0.15, -0.1) is 0 Å². The number of rotatable bonds is 0. The van der Waals surface area contributed by atoms with Gasteiger partial charge in [0, 0.05) is 12.8 Å². The van der Waals surface area contributed by atoms with Crippen molar-refractivity contribution < 1.29 is 19.7 Å². The first-order valence-electron chi connectivity index (χ1n) is 4.31. The van der Waals surface area contributed by atoms with Crippen LogP contribution in [0.2, 0.25) is 0 Å². The zero-order chi connectivity index (χ0) is 8.40. The summed E-state index contributed by atoms with van der Waals surface area (Å²) < 4.78 is 10.4. The highest BCUT2D eigenvalue weighted by Gasteiger charge is 2.66. The van der Waals surface area contributed by atoms with Gasteiger partial charge in [0.1, 0.15) is 11.2 Å². The summed E-state index contributed by atoms with van der Waals surface area (Å²) >= 11 is 0. The van der Waals surface area contributed by atoms with Crippen LogP contribution in [-0.2, 0) is 9.47 Å². The summed E-state index contributed by atoms with van der Waals surface area (Å²) in [6.45, 7) is 1.17. The number of ether oxygens (including phenoxy) is 2. The lowest BCUT2D eigenvalue weighted by atomic mass is 9.78. The van der Waals surface area contributed by atoms with E-state index in [-0.39, 0.29) is 0 Å². The molecule has 0 aromatic heterocycles. The number of hydrogen-bond acceptors (Lipinski definition) is 4. The topological polar surface area (TPSA) is 65.5 Å². The Labute approximate surface area is 70.1 Å². The lowest BCUT2D eigenvalue weighted by Crippen LogP contribution is -2.49. The first-order valence-corrected chi connectivity index (χ1v) is 4.31. The van der Waals surface area contributed by atoms with Crippen molar-refractivity contribution in [2.45, 2.75) is 36.3 Å². The quantitative estimate of drug-likeness (QED) is 0.462. The normalized spacial score (nSPS) is 62.5. The maximum atomic E-state index is 9.68. The fraction of sp³-hybridized carbons (Fsp3) is 1.00. The first kappa shape index (κ1) is 7.26. The van der Waals surface area contributed by atoms with Gasteiger partial charge in [-0.1, -0.05) is 0 Å². The van der Waals surface area contributed by atoms with Gasteiger partial charge in [-0.2, -0.15) is 0 Å². The molecule has 3 aliphatic rings. The van der Waals surface area contributed by atoms with Crippen LogP contribution in [0, 0.1) is 0 Å². The summed E-state index contributed by atoms with van der Waals surface area (Å²) in [7, 11) is 0. The molecule has 0 aromatic carbocycles. The van der Waals surface area contributed by atoms with Crippen molar-refractivity contribution in [1.82, 2.24) is 0 Å². The summed E-state index contributed by atoms with van der Waals surface area (Å²) in [5.74, 6) is 0. The van der Waals surface area contributed by atoms with E-state index in [9.17, 15) is 10.2 Å². The van der Waals surface area contributed by atoms with Gasteiger partial charge in [0.25, 0.3) is 0 Å². The molecule has 4 nitrogen and oxygen atoms in total. The van der Waals surface area contributed by atoms with Gasteiger partial charge in [0.05, 0.1) is 25.4 Å². The lowest BCUT2D eigenvalue weighted by molar-refractivity contribution is -0.0597. The number of aliphatic hydroxyl groups is 2. The average Bonchev–Trinajstić information content (AvgIpc) is 2.82. The predicted molar refractivity (Wildman–Crippen MR) is 38.6 cm³/mol. The molecule has 0 radical (unpaired) electrons. The number of aliphatic hydroxyl groups excluding tert-OH is 2. The van der Waals surface area contributed by atoms with E-state index in [0.717, 1.165) is 0 Å². The van der Waals surface area contributed by atoms with Crippen LogP contribution in [0.4, 0.5) is 0 Å². The Morgan fingerprint density at radius 1 is 0.917 bits per heavy atom. The molecule has 2 heterocycles. The van der Waals surface area contributed by atoms with E-state index >= 15 is 0 Å². The maximum Gasteiger partial charge on any atom is 0.120 e. The summed E-state index contributed by atoms with van der Waals surface area (Å²) in [5.41, 5.74) is -0.840. The minimum absolute atomic E-state index is 0.420.